The van der Waals surface area contributed by atoms with E-state index in [9.17, 15) is 10.1 Å². The molecule has 0 saturated carbocycles. The summed E-state index contributed by atoms with van der Waals surface area (Å²) in [6, 6.07) is 23.8. The van der Waals surface area contributed by atoms with Gasteiger partial charge in [0, 0.05) is 5.56 Å². The number of nitrogens with zero attached hydrogens (tertiary/aromatic N) is 1. The number of carbonyl (C=O) groups is 1. The first kappa shape index (κ1) is 26.4. The van der Waals surface area contributed by atoms with Gasteiger partial charge in [0.1, 0.15) is 17.2 Å². The van der Waals surface area contributed by atoms with Crippen LogP contribution in [0.15, 0.2) is 72.8 Å². The maximum Gasteiger partial charge on any atom is 0.343 e. The average molecular weight is 504 g/mol. The molecule has 0 bridgehead atoms. The average Bonchev–Trinajstić information content (AvgIpc) is 2.81. The second-order valence-corrected chi connectivity index (χ2v) is 18.8. The summed E-state index contributed by atoms with van der Waals surface area (Å²) in [6.45, 7) is 13.1. The number of benzene rings is 3. The quantitative estimate of drug-likeness (QED) is 0.175. The smallest absolute Gasteiger partial charge is 0.343 e. The van der Waals surface area contributed by atoms with Gasteiger partial charge in [0.2, 0.25) is 8.32 Å². The number of hydrogen-bond donors (Lipinski definition) is 0. The third-order valence-corrected chi connectivity index (χ3v) is 12.1. The Bertz CT molecular complexity index is 1200. The molecule has 3 rings (SSSR count). The third-order valence-electron chi connectivity index (χ3n) is 5.48. The summed E-state index contributed by atoms with van der Waals surface area (Å²) in [6.07, 6.45) is 0.852. The van der Waals surface area contributed by atoms with Gasteiger partial charge in [-0.25, -0.2) is 4.79 Å². The van der Waals surface area contributed by atoms with Crippen LogP contribution in [-0.4, -0.2) is 28.3 Å². The third kappa shape index (κ3) is 7.15. The Labute approximate surface area is 210 Å². The molecule has 0 aliphatic carbocycles. The minimum Gasteiger partial charge on any atom is -0.491 e. The first-order valence-corrected chi connectivity index (χ1v) is 18.2. The van der Waals surface area contributed by atoms with Crippen molar-refractivity contribution in [3.63, 3.8) is 0 Å². The van der Waals surface area contributed by atoms with E-state index in [-0.39, 0.29) is 5.73 Å². The molecule has 35 heavy (non-hydrogen) atoms. The SMILES string of the molecule is CCC(Oc1ccc(C(=O)Oc2cc(C#N)ccc2-c2ccccc2)cc1)[Si](C)(C)O[Si](C)(C)C. The van der Waals surface area contributed by atoms with E-state index in [0.717, 1.165) is 17.5 Å². The molecule has 0 aliphatic heterocycles. The van der Waals surface area contributed by atoms with Crippen LogP contribution >= 0.6 is 0 Å². The summed E-state index contributed by atoms with van der Waals surface area (Å²) in [4.78, 5) is 12.9. The van der Waals surface area contributed by atoms with Gasteiger partial charge in [0.15, 0.2) is 8.32 Å². The van der Waals surface area contributed by atoms with Gasteiger partial charge in [-0.1, -0.05) is 37.3 Å². The lowest BCUT2D eigenvalue weighted by Gasteiger charge is -2.37. The fourth-order valence-electron chi connectivity index (χ4n) is 4.10. The van der Waals surface area contributed by atoms with Crippen LogP contribution in [-0.2, 0) is 4.12 Å². The molecule has 0 aromatic heterocycles. The molecule has 0 amide bonds. The van der Waals surface area contributed by atoms with E-state index in [1.807, 2.05) is 30.3 Å². The first-order valence-electron chi connectivity index (χ1n) is 11.8. The van der Waals surface area contributed by atoms with Crippen molar-refractivity contribution in [2.24, 2.45) is 0 Å². The molecule has 0 fully saturated rings. The molecule has 3 aromatic carbocycles. The van der Waals surface area contributed by atoms with Crippen LogP contribution in [0, 0.1) is 11.3 Å². The maximum absolute atomic E-state index is 12.9. The van der Waals surface area contributed by atoms with E-state index in [2.05, 4.69) is 45.7 Å². The van der Waals surface area contributed by atoms with Crippen molar-refractivity contribution < 1.29 is 18.4 Å². The number of esters is 1. The normalized spacial score (nSPS) is 12.5. The highest BCUT2D eigenvalue weighted by Crippen LogP contribution is 2.32. The van der Waals surface area contributed by atoms with Gasteiger partial charge in [-0.3, -0.25) is 0 Å². The van der Waals surface area contributed by atoms with Gasteiger partial charge in [-0.05, 0) is 87.2 Å². The molecule has 182 valence electrons. The number of carbonyl (C=O) groups excluding carboxylic acids is 1. The standard InChI is InChI=1S/C28H33NO4Si2/c1-7-27(35(5,6)33-34(2,3)4)31-24-16-14-23(15-17-24)28(30)32-26-19-21(20-29)13-18-25(26)22-11-9-8-10-12-22/h8-19,27H,7H2,1-6H3. The van der Waals surface area contributed by atoms with Gasteiger partial charge in [0.05, 0.1) is 17.2 Å². The van der Waals surface area contributed by atoms with Crippen molar-refractivity contribution >= 4 is 22.6 Å². The maximum atomic E-state index is 12.9. The minimum absolute atomic E-state index is 0.00850. The fraction of sp³-hybridized carbons (Fsp3) is 0.286. The van der Waals surface area contributed by atoms with E-state index < -0.39 is 22.6 Å². The zero-order valence-corrected chi connectivity index (χ0v) is 23.3. The van der Waals surface area contributed by atoms with Crippen molar-refractivity contribution in [3.05, 3.63) is 83.9 Å². The van der Waals surface area contributed by atoms with Gasteiger partial charge in [-0.2, -0.15) is 5.26 Å². The summed E-state index contributed by atoms with van der Waals surface area (Å²) in [5.74, 6) is 0.556. The summed E-state index contributed by atoms with van der Waals surface area (Å²) in [5, 5.41) is 9.31. The Kier molecular flexibility index (Phi) is 8.33. The lowest BCUT2D eigenvalue weighted by Crippen LogP contribution is -2.53. The summed E-state index contributed by atoms with van der Waals surface area (Å²) in [5.41, 5.74) is 2.49. The molecule has 7 heteroatoms. The number of nitriles is 1. The molecule has 0 aliphatic rings. The van der Waals surface area contributed by atoms with Crippen LogP contribution in [0.4, 0.5) is 0 Å². The predicted octanol–water partition coefficient (Wildman–Crippen LogP) is 7.20. The van der Waals surface area contributed by atoms with E-state index in [0.29, 0.717) is 22.6 Å². The monoisotopic (exact) mass is 503 g/mol. The van der Waals surface area contributed by atoms with E-state index in [1.165, 1.54) is 0 Å². The Morgan fingerprint density at radius 3 is 2.17 bits per heavy atom. The van der Waals surface area contributed by atoms with Crippen LogP contribution in [0.5, 0.6) is 11.5 Å². The van der Waals surface area contributed by atoms with Crippen LogP contribution in [0.1, 0.15) is 29.3 Å². The van der Waals surface area contributed by atoms with E-state index in [4.69, 9.17) is 13.6 Å². The lowest BCUT2D eigenvalue weighted by atomic mass is 10.0. The van der Waals surface area contributed by atoms with E-state index >= 15 is 0 Å². The molecule has 5 nitrogen and oxygen atoms in total. The van der Waals surface area contributed by atoms with Crippen molar-refractivity contribution in [2.75, 3.05) is 0 Å². The molecule has 0 heterocycles. The largest absolute Gasteiger partial charge is 0.491 e. The van der Waals surface area contributed by atoms with Crippen LogP contribution < -0.4 is 9.47 Å². The zero-order chi connectivity index (χ0) is 25.6. The second kappa shape index (κ2) is 11.0. The number of hydrogen-bond acceptors (Lipinski definition) is 5. The van der Waals surface area contributed by atoms with Crippen molar-refractivity contribution in [1.82, 2.24) is 0 Å². The highest BCUT2D eigenvalue weighted by molar-refractivity contribution is 6.84. The molecule has 1 atom stereocenters. The highest BCUT2D eigenvalue weighted by Gasteiger charge is 2.38. The molecule has 1 unspecified atom stereocenters. The Hall–Kier alpha value is -3.19. The van der Waals surface area contributed by atoms with Gasteiger partial charge < -0.3 is 13.6 Å². The molecule has 0 saturated heterocycles. The number of ether oxygens (including phenoxy) is 2. The molecular weight excluding hydrogens is 470 g/mol. The topological polar surface area (TPSA) is 68.5 Å². The molecular formula is C28H33NO4Si2. The van der Waals surface area contributed by atoms with Crippen LogP contribution in [0.25, 0.3) is 11.1 Å². The summed E-state index contributed by atoms with van der Waals surface area (Å²) < 4.78 is 18.5. The summed E-state index contributed by atoms with van der Waals surface area (Å²) in [7, 11) is -3.75. The summed E-state index contributed by atoms with van der Waals surface area (Å²) >= 11 is 0. The van der Waals surface area contributed by atoms with Crippen molar-refractivity contribution in [2.45, 2.75) is 51.8 Å². The Balaban J connectivity index is 1.77. The first-order chi connectivity index (χ1) is 16.5. The second-order valence-electron chi connectivity index (χ2n) is 9.94. The fourth-order valence-corrected chi connectivity index (χ4v) is 12.3. The lowest BCUT2D eigenvalue weighted by molar-refractivity contribution is 0.0735. The Morgan fingerprint density at radius 2 is 1.60 bits per heavy atom. The molecule has 0 N–H and O–H groups in total. The van der Waals surface area contributed by atoms with Crippen molar-refractivity contribution in [3.8, 4) is 28.7 Å². The highest BCUT2D eigenvalue weighted by atomic mass is 28.4. The van der Waals surface area contributed by atoms with Crippen molar-refractivity contribution in [1.29, 1.82) is 5.26 Å². The van der Waals surface area contributed by atoms with Crippen LogP contribution in [0.3, 0.4) is 0 Å². The van der Waals surface area contributed by atoms with Crippen LogP contribution in [0.2, 0.25) is 32.7 Å². The predicted molar refractivity (Wildman–Crippen MR) is 145 cm³/mol. The minimum atomic E-state index is -2.06. The Morgan fingerprint density at radius 1 is 0.943 bits per heavy atom. The van der Waals surface area contributed by atoms with Gasteiger partial charge in [-0.15, -0.1) is 0 Å². The van der Waals surface area contributed by atoms with E-state index in [1.54, 1.807) is 42.5 Å². The molecule has 3 aromatic rings. The molecule has 0 spiro atoms. The molecule has 0 radical (unpaired) electrons. The van der Waals surface area contributed by atoms with Gasteiger partial charge >= 0.3 is 5.97 Å². The zero-order valence-electron chi connectivity index (χ0n) is 21.3. The number of rotatable bonds is 9. The van der Waals surface area contributed by atoms with Gasteiger partial charge in [0.25, 0.3) is 0 Å².